The van der Waals surface area contributed by atoms with Crippen molar-refractivity contribution in [2.45, 2.75) is 52.3 Å². The Morgan fingerprint density at radius 1 is 1.13 bits per heavy atom. The van der Waals surface area contributed by atoms with Crippen molar-refractivity contribution in [2.24, 2.45) is 5.92 Å². The Morgan fingerprint density at radius 3 is 2.45 bits per heavy atom. The van der Waals surface area contributed by atoms with E-state index < -0.39 is 10.0 Å². The maximum absolute atomic E-state index is 13.0. The van der Waals surface area contributed by atoms with Gasteiger partial charge in [0.25, 0.3) is 0 Å². The number of sulfonamides is 1. The standard InChI is InChI=1S/C24H31ClN2O3S/c1-16-12-18(3)23(13-17(16)2)19(4)26-24(28)21-6-5-11-27(14-21)31(29,30)15-20-7-9-22(25)10-8-20/h7-10,12-13,19,21H,5-6,11,14-15H2,1-4H3,(H,26,28)/t19-,21+/m0/s1. The molecule has 2 aromatic carbocycles. The molecular formula is C24H31ClN2O3S. The molecule has 1 aliphatic rings. The molecule has 0 spiro atoms. The molecule has 1 aliphatic heterocycles. The molecule has 5 nitrogen and oxygen atoms in total. The van der Waals surface area contributed by atoms with Crippen LogP contribution in [0.3, 0.4) is 0 Å². The maximum atomic E-state index is 13.0. The maximum Gasteiger partial charge on any atom is 0.224 e. The number of benzene rings is 2. The summed E-state index contributed by atoms with van der Waals surface area (Å²) >= 11 is 5.89. The molecule has 0 saturated carbocycles. The predicted octanol–water partition coefficient (Wildman–Crippen LogP) is 4.68. The number of rotatable bonds is 6. The van der Waals surface area contributed by atoms with Crippen LogP contribution >= 0.6 is 11.6 Å². The van der Waals surface area contributed by atoms with Crippen LogP contribution in [0.2, 0.25) is 5.02 Å². The van der Waals surface area contributed by atoms with Gasteiger partial charge in [-0.25, -0.2) is 12.7 Å². The van der Waals surface area contributed by atoms with Crippen molar-refractivity contribution in [3.05, 3.63) is 69.2 Å². The third-order valence-electron chi connectivity index (χ3n) is 6.12. The van der Waals surface area contributed by atoms with Crippen LogP contribution in [0, 0.1) is 26.7 Å². The van der Waals surface area contributed by atoms with Gasteiger partial charge in [0.15, 0.2) is 0 Å². The summed E-state index contributed by atoms with van der Waals surface area (Å²) in [6.45, 7) is 8.85. The zero-order valence-electron chi connectivity index (χ0n) is 18.6. The van der Waals surface area contributed by atoms with Crippen LogP contribution in [0.15, 0.2) is 36.4 Å². The van der Waals surface area contributed by atoms with Gasteiger partial charge in [0.2, 0.25) is 15.9 Å². The van der Waals surface area contributed by atoms with Crippen molar-refractivity contribution < 1.29 is 13.2 Å². The summed E-state index contributed by atoms with van der Waals surface area (Å²) in [5, 5.41) is 3.68. The molecule has 1 heterocycles. The lowest BCUT2D eigenvalue weighted by molar-refractivity contribution is -0.126. The van der Waals surface area contributed by atoms with Gasteiger partial charge >= 0.3 is 0 Å². The first-order valence-corrected chi connectivity index (χ1v) is 12.7. The Morgan fingerprint density at radius 2 is 1.77 bits per heavy atom. The molecule has 0 aromatic heterocycles. The van der Waals surface area contributed by atoms with Crippen LogP contribution in [0.25, 0.3) is 0 Å². The number of nitrogens with zero attached hydrogens (tertiary/aromatic N) is 1. The second-order valence-electron chi connectivity index (χ2n) is 8.60. The molecule has 2 aromatic rings. The molecule has 1 N–H and O–H groups in total. The fourth-order valence-corrected chi connectivity index (χ4v) is 5.89. The Bertz CT molecular complexity index is 1050. The molecule has 168 valence electrons. The number of carbonyl (C=O) groups is 1. The lowest BCUT2D eigenvalue weighted by Crippen LogP contribution is -2.46. The summed E-state index contributed by atoms with van der Waals surface area (Å²) < 4.78 is 27.3. The van der Waals surface area contributed by atoms with E-state index in [0.717, 1.165) is 11.1 Å². The van der Waals surface area contributed by atoms with Gasteiger partial charge in [-0.05, 0) is 80.5 Å². The fourth-order valence-electron chi connectivity index (χ4n) is 4.15. The molecular weight excluding hydrogens is 432 g/mol. The molecule has 0 radical (unpaired) electrons. The summed E-state index contributed by atoms with van der Waals surface area (Å²) in [5.41, 5.74) is 5.36. The molecule has 1 amide bonds. The molecule has 0 unspecified atom stereocenters. The SMILES string of the molecule is Cc1cc(C)c([C@H](C)NC(=O)[C@@H]2CCCN(S(=O)(=O)Cc3ccc(Cl)cc3)C2)cc1C. The van der Waals surface area contributed by atoms with Gasteiger partial charge in [0.05, 0.1) is 17.7 Å². The summed E-state index contributed by atoms with van der Waals surface area (Å²) in [4.78, 5) is 13.0. The minimum Gasteiger partial charge on any atom is -0.349 e. The van der Waals surface area contributed by atoms with E-state index in [-0.39, 0.29) is 30.2 Å². The van der Waals surface area contributed by atoms with E-state index in [1.54, 1.807) is 24.3 Å². The van der Waals surface area contributed by atoms with Gasteiger partial charge in [0, 0.05) is 18.1 Å². The number of carbonyl (C=O) groups excluding carboxylic acids is 1. The van der Waals surface area contributed by atoms with E-state index in [4.69, 9.17) is 11.6 Å². The van der Waals surface area contributed by atoms with Crippen molar-refractivity contribution in [1.29, 1.82) is 0 Å². The minimum absolute atomic E-state index is 0.0866. The quantitative estimate of drug-likeness (QED) is 0.677. The fraction of sp³-hybridized carbons (Fsp3) is 0.458. The van der Waals surface area contributed by atoms with Gasteiger partial charge < -0.3 is 5.32 Å². The van der Waals surface area contributed by atoms with Crippen LogP contribution in [-0.2, 0) is 20.6 Å². The molecule has 3 rings (SSSR count). The Balaban J connectivity index is 1.66. The van der Waals surface area contributed by atoms with Crippen LogP contribution in [0.1, 0.15) is 53.6 Å². The Labute approximate surface area is 190 Å². The summed E-state index contributed by atoms with van der Waals surface area (Å²) in [6.07, 6.45) is 1.37. The first-order valence-electron chi connectivity index (χ1n) is 10.7. The van der Waals surface area contributed by atoms with Gasteiger partial charge in [-0.3, -0.25) is 4.79 Å². The number of piperidine rings is 1. The number of nitrogens with one attached hydrogen (secondary N) is 1. The third-order valence-corrected chi connectivity index (χ3v) is 8.19. The lowest BCUT2D eigenvalue weighted by atomic mass is 9.95. The first kappa shape index (κ1) is 23.8. The number of hydrogen-bond donors (Lipinski definition) is 1. The lowest BCUT2D eigenvalue weighted by Gasteiger charge is -2.32. The smallest absolute Gasteiger partial charge is 0.224 e. The van der Waals surface area contributed by atoms with E-state index in [1.165, 1.54) is 15.4 Å². The van der Waals surface area contributed by atoms with Gasteiger partial charge in [0.1, 0.15) is 0 Å². The van der Waals surface area contributed by atoms with Gasteiger partial charge in [-0.15, -0.1) is 0 Å². The topological polar surface area (TPSA) is 66.5 Å². The second kappa shape index (κ2) is 9.72. The van der Waals surface area contributed by atoms with E-state index in [1.807, 2.05) is 6.92 Å². The van der Waals surface area contributed by atoms with Crippen molar-refractivity contribution in [1.82, 2.24) is 9.62 Å². The third kappa shape index (κ3) is 5.88. The molecule has 0 bridgehead atoms. The van der Waals surface area contributed by atoms with E-state index >= 15 is 0 Å². The van der Waals surface area contributed by atoms with Gasteiger partial charge in [-0.2, -0.15) is 0 Å². The van der Waals surface area contributed by atoms with Gasteiger partial charge in [-0.1, -0.05) is 35.9 Å². The average Bonchev–Trinajstić information content (AvgIpc) is 2.72. The van der Waals surface area contributed by atoms with Crippen LogP contribution in [0.4, 0.5) is 0 Å². The normalized spacial score (nSPS) is 18.5. The van der Waals surface area contributed by atoms with Crippen LogP contribution < -0.4 is 5.32 Å². The van der Waals surface area contributed by atoms with Crippen molar-refractivity contribution in [3.8, 4) is 0 Å². The highest BCUT2D eigenvalue weighted by Gasteiger charge is 2.33. The van der Waals surface area contributed by atoms with E-state index in [9.17, 15) is 13.2 Å². The zero-order valence-corrected chi connectivity index (χ0v) is 20.2. The second-order valence-corrected chi connectivity index (χ2v) is 11.0. The van der Waals surface area contributed by atoms with E-state index in [2.05, 4.69) is 38.2 Å². The highest BCUT2D eigenvalue weighted by Crippen LogP contribution is 2.25. The highest BCUT2D eigenvalue weighted by atomic mass is 35.5. The molecule has 31 heavy (non-hydrogen) atoms. The Kier molecular flexibility index (Phi) is 7.45. The first-order chi connectivity index (χ1) is 14.6. The summed E-state index contributed by atoms with van der Waals surface area (Å²) in [7, 11) is -3.50. The number of amides is 1. The molecule has 0 aliphatic carbocycles. The molecule has 1 fully saturated rings. The molecule has 7 heteroatoms. The number of hydrogen-bond acceptors (Lipinski definition) is 3. The summed E-state index contributed by atoms with van der Waals surface area (Å²) in [6, 6.07) is 11.0. The highest BCUT2D eigenvalue weighted by molar-refractivity contribution is 7.88. The van der Waals surface area contributed by atoms with Crippen molar-refractivity contribution >= 4 is 27.5 Å². The monoisotopic (exact) mass is 462 g/mol. The van der Waals surface area contributed by atoms with Crippen LogP contribution in [-0.4, -0.2) is 31.7 Å². The molecule has 1 saturated heterocycles. The number of aryl methyl sites for hydroxylation is 3. The molecule has 2 atom stereocenters. The Hall–Kier alpha value is -1.89. The predicted molar refractivity (Wildman–Crippen MR) is 126 cm³/mol. The average molecular weight is 463 g/mol. The van der Waals surface area contributed by atoms with Crippen molar-refractivity contribution in [3.63, 3.8) is 0 Å². The van der Waals surface area contributed by atoms with E-state index in [0.29, 0.717) is 30.0 Å². The minimum atomic E-state index is -3.50. The number of halogens is 1. The largest absolute Gasteiger partial charge is 0.349 e. The van der Waals surface area contributed by atoms with Crippen molar-refractivity contribution in [2.75, 3.05) is 13.1 Å². The summed E-state index contributed by atoms with van der Waals surface area (Å²) in [5.74, 6) is -0.518. The van der Waals surface area contributed by atoms with Crippen LogP contribution in [0.5, 0.6) is 0 Å². The zero-order chi connectivity index (χ0) is 22.8.